The molecule has 0 aromatic heterocycles. The fourth-order valence-corrected chi connectivity index (χ4v) is 1.69. The standard InChI is InChI=1S/C8H9F6.BrH.Zn/c9-7(10,11)6(8(12,13)14)4-2-1-3-5-6;;/h1H,2-5H2;1H;/q-1;;+2/p-1. The molecule has 0 N–H and O–H groups in total. The normalized spacial score (nSPS) is 21.1. The monoisotopic (exact) mass is 362 g/mol. The molecule has 0 amide bonds. The van der Waals surface area contributed by atoms with Gasteiger partial charge in [0.25, 0.3) is 0 Å². The van der Waals surface area contributed by atoms with Crippen LogP contribution in [0.15, 0.2) is 0 Å². The van der Waals surface area contributed by atoms with Gasteiger partial charge in [-0.25, -0.2) is 0 Å². The topological polar surface area (TPSA) is 0 Å². The van der Waals surface area contributed by atoms with E-state index in [1.165, 1.54) is 22.8 Å². The SMILES string of the molecule is FC(F)(F)C1(C(F)(F)F)CC[CH-]CC1.[Zn+][Br]. The summed E-state index contributed by atoms with van der Waals surface area (Å²) in [5.41, 5.74) is -3.48. The molecule has 1 saturated carbocycles. The van der Waals surface area contributed by atoms with Crippen molar-refractivity contribution < 1.29 is 42.7 Å². The Labute approximate surface area is 106 Å². The average Bonchev–Trinajstić information content (AvgIpc) is 2.19. The van der Waals surface area contributed by atoms with Crippen LogP contribution >= 0.6 is 13.6 Å². The van der Waals surface area contributed by atoms with Crippen molar-refractivity contribution in [2.45, 2.75) is 38.0 Å². The van der Waals surface area contributed by atoms with Crippen molar-refractivity contribution in [3.8, 4) is 0 Å². The van der Waals surface area contributed by atoms with Gasteiger partial charge in [0.1, 0.15) is 0 Å². The number of hydrogen-bond donors (Lipinski definition) is 0. The van der Waals surface area contributed by atoms with Gasteiger partial charge in [-0.1, -0.05) is 12.8 Å². The Kier molecular flexibility index (Phi) is 6.29. The third kappa shape index (κ3) is 3.34. The second-order valence-corrected chi connectivity index (χ2v) is 3.44. The second-order valence-electron chi connectivity index (χ2n) is 3.44. The number of alkyl halides is 6. The molecular formula is C8H9BrF6Zn. The molecule has 0 heterocycles. The first-order chi connectivity index (χ1) is 7.21. The van der Waals surface area contributed by atoms with E-state index in [1.54, 1.807) is 0 Å². The predicted octanol–water partition coefficient (Wildman–Crippen LogP) is 4.72. The molecule has 0 aromatic carbocycles. The van der Waals surface area contributed by atoms with E-state index in [0.29, 0.717) is 0 Å². The molecule has 1 aliphatic rings. The molecule has 0 atom stereocenters. The van der Waals surface area contributed by atoms with Crippen LogP contribution in [-0.4, -0.2) is 12.4 Å². The van der Waals surface area contributed by atoms with Crippen LogP contribution in [-0.2, 0) is 16.3 Å². The predicted molar refractivity (Wildman–Crippen MR) is 46.2 cm³/mol. The fraction of sp³-hybridized carbons (Fsp3) is 0.875. The third-order valence-electron chi connectivity index (χ3n) is 2.64. The van der Waals surface area contributed by atoms with Crippen LogP contribution < -0.4 is 0 Å². The zero-order valence-electron chi connectivity index (χ0n) is 8.26. The number of hydrogen-bond acceptors (Lipinski definition) is 0. The van der Waals surface area contributed by atoms with Crippen molar-refractivity contribution in [1.82, 2.24) is 0 Å². The van der Waals surface area contributed by atoms with Crippen LogP contribution in [0.4, 0.5) is 26.3 Å². The molecule has 16 heavy (non-hydrogen) atoms. The Hall–Kier alpha value is 0.683. The molecule has 0 radical (unpaired) electrons. The molecule has 0 aromatic rings. The van der Waals surface area contributed by atoms with Crippen molar-refractivity contribution in [1.29, 1.82) is 0 Å². The van der Waals surface area contributed by atoms with Crippen LogP contribution in [0.3, 0.4) is 0 Å². The quantitative estimate of drug-likeness (QED) is 0.331. The Morgan fingerprint density at radius 3 is 1.38 bits per heavy atom. The Morgan fingerprint density at radius 1 is 0.875 bits per heavy atom. The molecular weight excluding hydrogens is 355 g/mol. The molecule has 0 saturated heterocycles. The van der Waals surface area contributed by atoms with E-state index in [9.17, 15) is 26.3 Å². The molecule has 8 heteroatoms. The average molecular weight is 364 g/mol. The summed E-state index contributed by atoms with van der Waals surface area (Å²) in [5, 5.41) is 0. The summed E-state index contributed by atoms with van der Waals surface area (Å²) in [5.74, 6) is 0. The van der Waals surface area contributed by atoms with E-state index in [4.69, 9.17) is 0 Å². The molecule has 1 aliphatic carbocycles. The van der Waals surface area contributed by atoms with Crippen molar-refractivity contribution in [3.63, 3.8) is 0 Å². The Morgan fingerprint density at radius 2 is 1.19 bits per heavy atom. The van der Waals surface area contributed by atoms with E-state index in [1.807, 2.05) is 0 Å². The Bertz CT molecular complexity index is 190. The summed E-state index contributed by atoms with van der Waals surface area (Å²) in [6.45, 7) is 0. The van der Waals surface area contributed by atoms with Gasteiger partial charge in [-0.3, -0.25) is 0 Å². The van der Waals surface area contributed by atoms with Gasteiger partial charge in [0.05, 0.1) is 0 Å². The van der Waals surface area contributed by atoms with Gasteiger partial charge >= 0.3 is 42.3 Å². The minimum absolute atomic E-state index is 0.126. The zero-order valence-corrected chi connectivity index (χ0v) is 12.8. The summed E-state index contributed by atoms with van der Waals surface area (Å²) in [6, 6.07) is 0. The summed E-state index contributed by atoms with van der Waals surface area (Å²) < 4.78 is 74.2. The molecule has 92 valence electrons. The van der Waals surface area contributed by atoms with Crippen LogP contribution in [0.25, 0.3) is 0 Å². The first kappa shape index (κ1) is 16.7. The van der Waals surface area contributed by atoms with Crippen molar-refractivity contribution in [3.05, 3.63) is 6.42 Å². The van der Waals surface area contributed by atoms with Crippen LogP contribution in [0.5, 0.6) is 0 Å². The molecule has 1 rings (SSSR count). The fourth-order valence-electron chi connectivity index (χ4n) is 1.69. The van der Waals surface area contributed by atoms with Gasteiger partial charge in [-0.05, 0) is 0 Å². The van der Waals surface area contributed by atoms with Crippen molar-refractivity contribution in [2.24, 2.45) is 5.41 Å². The first-order valence-electron chi connectivity index (χ1n) is 4.42. The third-order valence-corrected chi connectivity index (χ3v) is 2.64. The molecule has 0 nitrogen and oxygen atoms in total. The van der Waals surface area contributed by atoms with Crippen LogP contribution in [0, 0.1) is 11.8 Å². The molecule has 0 aliphatic heterocycles. The summed E-state index contributed by atoms with van der Waals surface area (Å²) in [4.78, 5) is 0. The summed E-state index contributed by atoms with van der Waals surface area (Å²) in [7, 11) is 0. The number of halogens is 7. The van der Waals surface area contributed by atoms with E-state index in [2.05, 4.69) is 13.6 Å². The van der Waals surface area contributed by atoms with E-state index in [-0.39, 0.29) is 12.8 Å². The van der Waals surface area contributed by atoms with Crippen LogP contribution in [0.2, 0.25) is 0 Å². The molecule has 0 spiro atoms. The maximum atomic E-state index is 12.4. The van der Waals surface area contributed by atoms with Crippen molar-refractivity contribution in [2.75, 3.05) is 0 Å². The first-order valence-corrected chi connectivity index (χ1v) is 11.4. The molecule has 0 bridgehead atoms. The maximum absolute atomic E-state index is 12.4. The van der Waals surface area contributed by atoms with Gasteiger partial charge in [-0.2, -0.15) is 39.2 Å². The molecule has 0 unspecified atom stereocenters. The van der Waals surface area contributed by atoms with Gasteiger partial charge in [0.2, 0.25) is 0 Å². The summed E-state index contributed by atoms with van der Waals surface area (Å²) >= 11 is 4.25. The summed E-state index contributed by atoms with van der Waals surface area (Å²) in [6.07, 6.45) is -10.9. The zero-order chi connectivity index (χ0) is 13.0. The van der Waals surface area contributed by atoms with E-state index in [0.717, 1.165) is 0 Å². The minimum atomic E-state index is -5.19. The van der Waals surface area contributed by atoms with Crippen molar-refractivity contribution >= 4 is 13.6 Å². The van der Waals surface area contributed by atoms with E-state index >= 15 is 0 Å². The van der Waals surface area contributed by atoms with Gasteiger partial charge in [0, 0.05) is 0 Å². The number of rotatable bonds is 0. The van der Waals surface area contributed by atoms with Gasteiger partial charge in [-0.15, -0.1) is 0 Å². The molecule has 1 fully saturated rings. The van der Waals surface area contributed by atoms with Crippen LogP contribution in [0.1, 0.15) is 25.7 Å². The van der Waals surface area contributed by atoms with E-state index < -0.39 is 30.6 Å². The van der Waals surface area contributed by atoms with Gasteiger partial charge in [0.15, 0.2) is 5.41 Å². The van der Waals surface area contributed by atoms with Gasteiger partial charge < -0.3 is 6.42 Å². The second kappa shape index (κ2) is 6.03. The Balaban J connectivity index is 0.00000106.